The van der Waals surface area contributed by atoms with Gasteiger partial charge in [0, 0.05) is 6.42 Å². The lowest BCUT2D eigenvalue weighted by molar-refractivity contribution is 0.660. The van der Waals surface area contributed by atoms with Crippen LogP contribution in [0.25, 0.3) is 0 Å². The maximum atomic E-state index is 5.40. The van der Waals surface area contributed by atoms with Crippen molar-refractivity contribution in [3.8, 4) is 0 Å². The summed E-state index contributed by atoms with van der Waals surface area (Å²) in [6, 6.07) is 0. The Kier molecular flexibility index (Phi) is 2.83. The highest BCUT2D eigenvalue weighted by Crippen LogP contribution is 1.99. The lowest BCUT2D eigenvalue weighted by Gasteiger charge is -1.95. The van der Waals surface area contributed by atoms with Crippen LogP contribution >= 0.6 is 0 Å². The number of nitrogens with zero attached hydrogens (tertiary/aromatic N) is 4. The van der Waals surface area contributed by atoms with Gasteiger partial charge in [-0.3, -0.25) is 0 Å². The molecule has 0 fully saturated rings. The van der Waals surface area contributed by atoms with Gasteiger partial charge in [-0.25, -0.2) is 0 Å². The molecule has 1 rings (SSSR count). The van der Waals surface area contributed by atoms with E-state index in [2.05, 4.69) is 22.4 Å². The predicted octanol–water partition coefficient (Wildman–Crippen LogP) is 0.120. The second-order valence-corrected chi connectivity index (χ2v) is 2.50. The van der Waals surface area contributed by atoms with Crippen molar-refractivity contribution >= 4 is 0 Å². The van der Waals surface area contributed by atoms with Crippen LogP contribution in [-0.4, -0.2) is 20.3 Å². The molecule has 2 N–H and O–H groups in total. The van der Waals surface area contributed by atoms with Crippen LogP contribution in [0.15, 0.2) is 0 Å². The van der Waals surface area contributed by atoms with E-state index in [1.165, 1.54) is 17.6 Å². The van der Waals surface area contributed by atoms with Gasteiger partial charge in [-0.2, -0.15) is 0 Å². The molecule has 0 bridgehead atoms. The summed E-state index contributed by atoms with van der Waals surface area (Å²) in [5.74, 6) is 6.17. The average Bonchev–Trinajstić information content (AvgIpc) is 2.37. The first-order valence-electron chi connectivity index (χ1n) is 3.87. The molecule has 0 atom stereocenters. The van der Waals surface area contributed by atoms with Crippen molar-refractivity contribution in [2.24, 2.45) is 0 Å². The second-order valence-electron chi connectivity index (χ2n) is 2.50. The van der Waals surface area contributed by atoms with Crippen LogP contribution in [0.4, 0.5) is 0 Å². The van der Waals surface area contributed by atoms with Crippen molar-refractivity contribution in [3.63, 3.8) is 0 Å². The molecule has 0 aliphatic rings. The van der Waals surface area contributed by atoms with E-state index in [4.69, 9.17) is 5.84 Å². The minimum absolute atomic E-state index is 0.762. The van der Waals surface area contributed by atoms with Gasteiger partial charge in [0.2, 0.25) is 0 Å². The average molecular weight is 155 g/mol. The fourth-order valence-corrected chi connectivity index (χ4v) is 0.910. The van der Waals surface area contributed by atoms with Gasteiger partial charge >= 0.3 is 0 Å². The first-order valence-corrected chi connectivity index (χ1v) is 3.87. The molecule has 0 saturated heterocycles. The number of nitrogen functional groups attached to an aromatic ring is 1. The van der Waals surface area contributed by atoms with E-state index in [0.29, 0.717) is 0 Å². The maximum absolute atomic E-state index is 5.40. The highest BCUT2D eigenvalue weighted by Gasteiger charge is 2.00. The van der Waals surface area contributed by atoms with Crippen LogP contribution in [0, 0.1) is 0 Å². The molecule has 11 heavy (non-hydrogen) atoms. The van der Waals surface area contributed by atoms with Gasteiger partial charge < -0.3 is 5.84 Å². The quantitative estimate of drug-likeness (QED) is 0.495. The van der Waals surface area contributed by atoms with E-state index in [1.807, 2.05) is 0 Å². The van der Waals surface area contributed by atoms with Crippen LogP contribution in [0.3, 0.4) is 0 Å². The third-order valence-electron chi connectivity index (χ3n) is 1.56. The summed E-state index contributed by atoms with van der Waals surface area (Å²) in [5.41, 5.74) is 0. The SMILES string of the molecule is CCCCCc1nnnn1N. The van der Waals surface area contributed by atoms with Gasteiger partial charge in [-0.05, 0) is 16.8 Å². The molecule has 62 valence electrons. The van der Waals surface area contributed by atoms with Crippen molar-refractivity contribution < 1.29 is 0 Å². The zero-order chi connectivity index (χ0) is 8.10. The Hall–Kier alpha value is -1.13. The van der Waals surface area contributed by atoms with Crippen molar-refractivity contribution in [1.82, 2.24) is 20.3 Å². The molecule has 0 radical (unpaired) electrons. The summed E-state index contributed by atoms with van der Waals surface area (Å²) in [6.45, 7) is 2.16. The predicted molar refractivity (Wildman–Crippen MR) is 41.2 cm³/mol. The Labute approximate surface area is 65.5 Å². The Balaban J connectivity index is 2.32. The van der Waals surface area contributed by atoms with Crippen molar-refractivity contribution in [3.05, 3.63) is 5.82 Å². The Morgan fingerprint density at radius 3 is 2.82 bits per heavy atom. The third-order valence-corrected chi connectivity index (χ3v) is 1.56. The molecule has 0 aromatic carbocycles. The molecular weight excluding hydrogens is 142 g/mol. The summed E-state index contributed by atoms with van der Waals surface area (Å²) in [6.07, 6.45) is 4.38. The second kappa shape index (κ2) is 3.90. The Morgan fingerprint density at radius 1 is 1.45 bits per heavy atom. The van der Waals surface area contributed by atoms with Crippen LogP contribution in [0.1, 0.15) is 32.0 Å². The molecule has 0 aliphatic heterocycles. The number of tetrazole rings is 1. The van der Waals surface area contributed by atoms with E-state index in [1.54, 1.807) is 0 Å². The van der Waals surface area contributed by atoms with Crippen molar-refractivity contribution in [2.75, 3.05) is 5.84 Å². The maximum Gasteiger partial charge on any atom is 0.174 e. The highest BCUT2D eigenvalue weighted by atomic mass is 15.6. The normalized spacial score (nSPS) is 10.3. The Bertz CT molecular complexity index is 206. The fraction of sp³-hybridized carbons (Fsp3) is 0.833. The van der Waals surface area contributed by atoms with E-state index in [9.17, 15) is 0 Å². The third kappa shape index (κ3) is 2.18. The summed E-state index contributed by atoms with van der Waals surface area (Å²) < 4.78 is 0. The number of aromatic nitrogens is 4. The minimum Gasteiger partial charge on any atom is -0.320 e. The molecular formula is C6H13N5. The van der Waals surface area contributed by atoms with Crippen LogP contribution in [0.2, 0.25) is 0 Å². The van der Waals surface area contributed by atoms with Crippen LogP contribution in [-0.2, 0) is 6.42 Å². The molecule has 0 aliphatic carbocycles. The number of nitrogens with two attached hydrogens (primary N) is 1. The summed E-state index contributed by atoms with van der Waals surface area (Å²) >= 11 is 0. The van der Waals surface area contributed by atoms with Gasteiger partial charge in [0.1, 0.15) is 0 Å². The van der Waals surface area contributed by atoms with E-state index in [-0.39, 0.29) is 0 Å². The zero-order valence-corrected chi connectivity index (χ0v) is 6.69. The molecule has 0 amide bonds. The number of rotatable bonds is 4. The van der Waals surface area contributed by atoms with Gasteiger partial charge in [0.25, 0.3) is 0 Å². The van der Waals surface area contributed by atoms with Gasteiger partial charge in [-0.1, -0.05) is 19.8 Å². The summed E-state index contributed by atoms with van der Waals surface area (Å²) in [7, 11) is 0. The molecule has 0 unspecified atom stereocenters. The van der Waals surface area contributed by atoms with Gasteiger partial charge in [-0.15, -0.1) is 9.89 Å². The Morgan fingerprint density at radius 2 is 2.27 bits per heavy atom. The molecule has 1 heterocycles. The molecule has 0 saturated carbocycles. The van der Waals surface area contributed by atoms with E-state index >= 15 is 0 Å². The fourth-order valence-electron chi connectivity index (χ4n) is 0.910. The van der Waals surface area contributed by atoms with Crippen LogP contribution in [0.5, 0.6) is 0 Å². The van der Waals surface area contributed by atoms with Crippen molar-refractivity contribution in [1.29, 1.82) is 0 Å². The highest BCUT2D eigenvalue weighted by molar-refractivity contribution is 4.79. The lowest BCUT2D eigenvalue weighted by Crippen LogP contribution is -2.14. The van der Waals surface area contributed by atoms with E-state index in [0.717, 1.165) is 18.7 Å². The number of aryl methyl sites for hydroxylation is 1. The molecule has 5 heteroatoms. The standard InChI is InChI=1S/C6H13N5/c1-2-3-4-5-6-8-9-10-11(6)7/h2-5,7H2,1H3. The van der Waals surface area contributed by atoms with Crippen molar-refractivity contribution in [2.45, 2.75) is 32.6 Å². The van der Waals surface area contributed by atoms with Gasteiger partial charge in [0.05, 0.1) is 0 Å². The zero-order valence-electron chi connectivity index (χ0n) is 6.69. The molecule has 0 spiro atoms. The number of hydrogen-bond acceptors (Lipinski definition) is 4. The minimum atomic E-state index is 0.762. The first kappa shape index (κ1) is 7.97. The van der Waals surface area contributed by atoms with Gasteiger partial charge in [0.15, 0.2) is 5.82 Å². The number of unbranched alkanes of at least 4 members (excludes halogenated alkanes) is 2. The molecule has 5 nitrogen and oxygen atoms in total. The topological polar surface area (TPSA) is 69.6 Å². The largest absolute Gasteiger partial charge is 0.320 e. The van der Waals surface area contributed by atoms with E-state index < -0.39 is 0 Å². The summed E-state index contributed by atoms with van der Waals surface area (Å²) in [4.78, 5) is 1.23. The summed E-state index contributed by atoms with van der Waals surface area (Å²) in [5, 5.41) is 10.7. The first-order chi connectivity index (χ1) is 5.34. The van der Waals surface area contributed by atoms with Crippen LogP contribution < -0.4 is 5.84 Å². The monoisotopic (exact) mass is 155 g/mol. The smallest absolute Gasteiger partial charge is 0.174 e. The lowest BCUT2D eigenvalue weighted by atomic mass is 10.2. The molecule has 1 aromatic rings. The number of hydrogen-bond donors (Lipinski definition) is 1. The molecule has 1 aromatic heterocycles.